The number of hydrogen-bond acceptors (Lipinski definition) is 3. The molecule has 2 rings (SSSR count). The van der Waals surface area contributed by atoms with E-state index >= 15 is 0 Å². The lowest BCUT2D eigenvalue weighted by Crippen LogP contribution is -2.19. The standard InChI is InChI=1S/C16H20N2O/c1-3-16(19)14-9-4-5-10-15(14)18(2)12-13-8-6-7-11-17-13/h4-11,16,19H,3,12H2,1-2H3/t16-/m0/s1. The lowest BCUT2D eigenvalue weighted by molar-refractivity contribution is 0.174. The fourth-order valence-electron chi connectivity index (χ4n) is 2.16. The second-order valence-electron chi connectivity index (χ2n) is 4.66. The van der Waals surface area contributed by atoms with Crippen LogP contribution in [0.4, 0.5) is 5.69 Å². The highest BCUT2D eigenvalue weighted by atomic mass is 16.3. The van der Waals surface area contributed by atoms with Crippen LogP contribution < -0.4 is 4.90 Å². The molecule has 0 radical (unpaired) electrons. The Balaban J connectivity index is 2.21. The van der Waals surface area contributed by atoms with Crippen molar-refractivity contribution < 1.29 is 5.11 Å². The van der Waals surface area contributed by atoms with Gasteiger partial charge in [0.2, 0.25) is 0 Å². The van der Waals surface area contributed by atoms with Gasteiger partial charge in [-0.15, -0.1) is 0 Å². The Labute approximate surface area is 114 Å². The van der Waals surface area contributed by atoms with Crippen molar-refractivity contribution in [2.24, 2.45) is 0 Å². The first-order valence-corrected chi connectivity index (χ1v) is 6.60. The Morgan fingerprint density at radius 1 is 1.16 bits per heavy atom. The molecule has 0 bridgehead atoms. The van der Waals surface area contributed by atoms with Gasteiger partial charge < -0.3 is 10.0 Å². The summed E-state index contributed by atoms with van der Waals surface area (Å²) >= 11 is 0. The molecular weight excluding hydrogens is 236 g/mol. The topological polar surface area (TPSA) is 36.4 Å². The molecule has 1 aromatic carbocycles. The summed E-state index contributed by atoms with van der Waals surface area (Å²) in [6, 6.07) is 13.9. The van der Waals surface area contributed by atoms with E-state index in [2.05, 4.69) is 9.88 Å². The minimum Gasteiger partial charge on any atom is -0.388 e. The number of aromatic nitrogens is 1. The predicted molar refractivity (Wildman–Crippen MR) is 78.0 cm³/mol. The Kier molecular flexibility index (Phi) is 4.53. The molecule has 0 unspecified atom stereocenters. The number of para-hydroxylation sites is 1. The molecule has 0 spiro atoms. The maximum Gasteiger partial charge on any atom is 0.0807 e. The van der Waals surface area contributed by atoms with E-state index < -0.39 is 6.10 Å². The average Bonchev–Trinajstić information content (AvgIpc) is 2.47. The zero-order valence-electron chi connectivity index (χ0n) is 11.5. The van der Waals surface area contributed by atoms with Crippen LogP contribution in [0.3, 0.4) is 0 Å². The van der Waals surface area contributed by atoms with Crippen LogP contribution in [0.1, 0.15) is 30.7 Å². The van der Waals surface area contributed by atoms with Gasteiger partial charge in [0.25, 0.3) is 0 Å². The van der Waals surface area contributed by atoms with E-state index in [0.717, 1.165) is 23.5 Å². The quantitative estimate of drug-likeness (QED) is 0.892. The number of aliphatic hydroxyl groups excluding tert-OH is 1. The molecule has 100 valence electrons. The van der Waals surface area contributed by atoms with Gasteiger partial charge in [-0.2, -0.15) is 0 Å². The third-order valence-corrected chi connectivity index (χ3v) is 3.22. The Morgan fingerprint density at radius 3 is 2.58 bits per heavy atom. The summed E-state index contributed by atoms with van der Waals surface area (Å²) in [6.07, 6.45) is 2.10. The van der Waals surface area contributed by atoms with Crippen LogP contribution in [0.5, 0.6) is 0 Å². The van der Waals surface area contributed by atoms with Crippen LogP contribution in [0.25, 0.3) is 0 Å². The molecule has 0 aliphatic heterocycles. The van der Waals surface area contributed by atoms with Crippen molar-refractivity contribution >= 4 is 5.69 Å². The zero-order valence-corrected chi connectivity index (χ0v) is 11.5. The summed E-state index contributed by atoms with van der Waals surface area (Å²) in [5.74, 6) is 0. The van der Waals surface area contributed by atoms with Crippen LogP contribution >= 0.6 is 0 Å². The molecule has 0 saturated heterocycles. The van der Waals surface area contributed by atoms with Crippen molar-refractivity contribution in [1.82, 2.24) is 4.98 Å². The first kappa shape index (κ1) is 13.6. The van der Waals surface area contributed by atoms with Gasteiger partial charge in [0, 0.05) is 24.5 Å². The number of benzene rings is 1. The average molecular weight is 256 g/mol. The lowest BCUT2D eigenvalue weighted by Gasteiger charge is -2.24. The van der Waals surface area contributed by atoms with Gasteiger partial charge in [-0.3, -0.25) is 4.98 Å². The molecule has 2 aromatic rings. The third kappa shape index (κ3) is 3.32. The van der Waals surface area contributed by atoms with E-state index in [9.17, 15) is 5.11 Å². The van der Waals surface area contributed by atoms with E-state index in [0.29, 0.717) is 6.42 Å². The van der Waals surface area contributed by atoms with Gasteiger partial charge >= 0.3 is 0 Å². The van der Waals surface area contributed by atoms with E-state index in [4.69, 9.17) is 0 Å². The highest BCUT2D eigenvalue weighted by Gasteiger charge is 2.13. The van der Waals surface area contributed by atoms with Crippen molar-refractivity contribution in [3.05, 3.63) is 59.9 Å². The van der Waals surface area contributed by atoms with Crippen molar-refractivity contribution in [3.8, 4) is 0 Å². The molecule has 1 aromatic heterocycles. The predicted octanol–water partition coefficient (Wildman–Crippen LogP) is 3.16. The van der Waals surface area contributed by atoms with Crippen molar-refractivity contribution in [1.29, 1.82) is 0 Å². The highest BCUT2D eigenvalue weighted by Crippen LogP contribution is 2.28. The summed E-state index contributed by atoms with van der Waals surface area (Å²) < 4.78 is 0. The highest BCUT2D eigenvalue weighted by molar-refractivity contribution is 5.54. The van der Waals surface area contributed by atoms with Crippen LogP contribution in [0.2, 0.25) is 0 Å². The fraction of sp³-hybridized carbons (Fsp3) is 0.312. The summed E-state index contributed by atoms with van der Waals surface area (Å²) in [6.45, 7) is 2.72. The van der Waals surface area contributed by atoms with E-state index in [1.165, 1.54) is 0 Å². The zero-order chi connectivity index (χ0) is 13.7. The lowest BCUT2D eigenvalue weighted by atomic mass is 10.0. The smallest absolute Gasteiger partial charge is 0.0807 e. The van der Waals surface area contributed by atoms with Gasteiger partial charge in [-0.25, -0.2) is 0 Å². The number of nitrogens with zero attached hydrogens (tertiary/aromatic N) is 2. The summed E-state index contributed by atoms with van der Waals surface area (Å²) in [4.78, 5) is 6.46. The SMILES string of the molecule is CC[C@H](O)c1ccccc1N(C)Cc1ccccn1. The second kappa shape index (κ2) is 6.34. The van der Waals surface area contributed by atoms with Crippen LogP contribution in [-0.4, -0.2) is 17.1 Å². The second-order valence-corrected chi connectivity index (χ2v) is 4.66. The van der Waals surface area contributed by atoms with Gasteiger partial charge in [0.1, 0.15) is 0 Å². The molecular formula is C16H20N2O. The van der Waals surface area contributed by atoms with Crippen molar-refractivity contribution in [3.63, 3.8) is 0 Å². The molecule has 1 atom stereocenters. The minimum atomic E-state index is -0.414. The molecule has 1 N–H and O–H groups in total. The van der Waals surface area contributed by atoms with Crippen molar-refractivity contribution in [2.45, 2.75) is 26.0 Å². The first-order chi connectivity index (χ1) is 9.22. The number of aliphatic hydroxyl groups is 1. The monoisotopic (exact) mass is 256 g/mol. The van der Waals surface area contributed by atoms with Crippen LogP contribution in [0.15, 0.2) is 48.7 Å². The molecule has 0 aliphatic carbocycles. The molecule has 0 fully saturated rings. The number of rotatable bonds is 5. The van der Waals surface area contributed by atoms with Crippen LogP contribution in [0, 0.1) is 0 Å². The third-order valence-electron chi connectivity index (χ3n) is 3.22. The first-order valence-electron chi connectivity index (χ1n) is 6.60. The van der Waals surface area contributed by atoms with Gasteiger partial charge in [0.15, 0.2) is 0 Å². The summed E-state index contributed by atoms with van der Waals surface area (Å²) in [5, 5.41) is 10.1. The van der Waals surface area contributed by atoms with Crippen LogP contribution in [-0.2, 0) is 6.54 Å². The number of pyridine rings is 1. The largest absolute Gasteiger partial charge is 0.388 e. The molecule has 3 heteroatoms. The fourth-order valence-corrected chi connectivity index (χ4v) is 2.16. The Morgan fingerprint density at radius 2 is 1.89 bits per heavy atom. The van der Waals surface area contributed by atoms with E-state index in [1.54, 1.807) is 6.20 Å². The van der Waals surface area contributed by atoms with Gasteiger partial charge in [-0.1, -0.05) is 31.2 Å². The van der Waals surface area contributed by atoms with Crippen molar-refractivity contribution in [2.75, 3.05) is 11.9 Å². The Hall–Kier alpha value is -1.87. The minimum absolute atomic E-state index is 0.414. The molecule has 0 amide bonds. The van der Waals surface area contributed by atoms with E-state index in [1.807, 2.05) is 56.4 Å². The molecule has 19 heavy (non-hydrogen) atoms. The number of hydrogen-bond donors (Lipinski definition) is 1. The Bertz CT molecular complexity index is 513. The maximum atomic E-state index is 10.1. The summed E-state index contributed by atoms with van der Waals surface area (Å²) in [7, 11) is 2.02. The normalized spacial score (nSPS) is 12.2. The molecule has 3 nitrogen and oxygen atoms in total. The number of anilines is 1. The van der Waals surface area contributed by atoms with Gasteiger partial charge in [-0.05, 0) is 24.6 Å². The summed E-state index contributed by atoms with van der Waals surface area (Å²) in [5.41, 5.74) is 3.05. The maximum absolute atomic E-state index is 10.1. The van der Waals surface area contributed by atoms with Gasteiger partial charge in [0.05, 0.1) is 18.3 Å². The molecule has 0 aliphatic rings. The molecule has 1 heterocycles. The van der Waals surface area contributed by atoms with E-state index in [-0.39, 0.29) is 0 Å². The molecule has 0 saturated carbocycles.